The second-order valence-corrected chi connectivity index (χ2v) is 8.05. The number of para-hydroxylation sites is 1. The van der Waals surface area contributed by atoms with Crippen molar-refractivity contribution < 1.29 is 12.8 Å². The average molecular weight is 348 g/mol. The quantitative estimate of drug-likeness (QED) is 0.844. The first-order valence-electron chi connectivity index (χ1n) is 8.06. The molecule has 6 heteroatoms. The lowest BCUT2D eigenvalue weighted by atomic mass is 10.0. The lowest BCUT2D eigenvalue weighted by Crippen LogP contribution is -2.41. The molecule has 0 fully saturated rings. The van der Waals surface area contributed by atoms with E-state index >= 15 is 0 Å². The number of sulfonamides is 1. The van der Waals surface area contributed by atoms with Gasteiger partial charge in [0.25, 0.3) is 0 Å². The number of benzene rings is 2. The Morgan fingerprint density at radius 1 is 1.21 bits per heavy atom. The lowest BCUT2D eigenvalue weighted by molar-refractivity contribution is 0.553. The summed E-state index contributed by atoms with van der Waals surface area (Å²) in [6.45, 7) is 0.757. The van der Waals surface area contributed by atoms with Crippen LogP contribution in [0, 0.1) is 5.82 Å². The molecule has 1 aliphatic heterocycles. The molecule has 0 unspecified atom stereocenters. The van der Waals surface area contributed by atoms with Gasteiger partial charge in [-0.25, -0.2) is 17.1 Å². The highest BCUT2D eigenvalue weighted by molar-refractivity contribution is 7.93. The first-order chi connectivity index (χ1) is 11.5. The predicted molar refractivity (Wildman–Crippen MR) is 94.6 cm³/mol. The fourth-order valence-electron chi connectivity index (χ4n) is 3.16. The first-order valence-corrected chi connectivity index (χ1v) is 9.56. The van der Waals surface area contributed by atoms with Crippen molar-refractivity contribution in [2.24, 2.45) is 0 Å². The molecule has 1 N–H and O–H groups in total. The van der Waals surface area contributed by atoms with Crippen LogP contribution in [0.3, 0.4) is 0 Å². The Labute approximate surface area is 142 Å². The number of nitrogens with zero attached hydrogens (tertiary/aromatic N) is 1. The first kappa shape index (κ1) is 16.9. The van der Waals surface area contributed by atoms with Gasteiger partial charge < -0.3 is 5.32 Å². The predicted octanol–water partition coefficient (Wildman–Crippen LogP) is 3.22. The minimum atomic E-state index is -3.54. The normalized spacial score (nSPS) is 19.1. The zero-order valence-corrected chi connectivity index (χ0v) is 14.4. The molecule has 4 nitrogen and oxygen atoms in total. The van der Waals surface area contributed by atoms with Crippen molar-refractivity contribution >= 4 is 21.4 Å². The second-order valence-electron chi connectivity index (χ2n) is 5.99. The third-order valence-electron chi connectivity index (χ3n) is 4.33. The standard InChI is InChI=1S/C18H21FN2O2S/c1-20-11-5-8-17-13-14-12-15(19)9-10-18(14)21(24(17,22)23)16-6-3-2-4-7-16/h2-4,6-7,9-10,12,17,20H,5,8,11,13H2,1H3/t17-/m0/s1. The number of anilines is 2. The summed E-state index contributed by atoms with van der Waals surface area (Å²) in [5.41, 5.74) is 1.87. The molecule has 24 heavy (non-hydrogen) atoms. The maximum atomic E-state index is 13.7. The summed E-state index contributed by atoms with van der Waals surface area (Å²) in [4.78, 5) is 0. The van der Waals surface area contributed by atoms with E-state index in [9.17, 15) is 12.8 Å². The third-order valence-corrected chi connectivity index (χ3v) is 6.49. The Bertz CT molecular complexity index is 809. The van der Waals surface area contributed by atoms with E-state index in [4.69, 9.17) is 0 Å². The summed E-state index contributed by atoms with van der Waals surface area (Å²) in [5, 5.41) is 2.50. The van der Waals surface area contributed by atoms with Crippen LogP contribution >= 0.6 is 0 Å². The van der Waals surface area contributed by atoms with Gasteiger partial charge >= 0.3 is 0 Å². The second kappa shape index (κ2) is 6.91. The van der Waals surface area contributed by atoms with Gasteiger partial charge in [-0.3, -0.25) is 0 Å². The Kier molecular flexibility index (Phi) is 4.87. The van der Waals surface area contributed by atoms with E-state index in [0.717, 1.165) is 18.5 Å². The van der Waals surface area contributed by atoms with E-state index < -0.39 is 15.3 Å². The van der Waals surface area contributed by atoms with Gasteiger partial charge in [0.15, 0.2) is 0 Å². The van der Waals surface area contributed by atoms with Crippen LogP contribution in [0.25, 0.3) is 0 Å². The highest BCUT2D eigenvalue weighted by Crippen LogP contribution is 2.40. The summed E-state index contributed by atoms with van der Waals surface area (Å²) >= 11 is 0. The van der Waals surface area contributed by atoms with Crippen LogP contribution in [0.5, 0.6) is 0 Å². The van der Waals surface area contributed by atoms with Gasteiger partial charge in [-0.15, -0.1) is 0 Å². The van der Waals surface area contributed by atoms with Crippen molar-refractivity contribution in [3.8, 4) is 0 Å². The van der Waals surface area contributed by atoms with Crippen molar-refractivity contribution in [2.75, 3.05) is 17.9 Å². The van der Waals surface area contributed by atoms with Crippen LogP contribution in [0.2, 0.25) is 0 Å². The largest absolute Gasteiger partial charge is 0.320 e. The molecule has 1 aliphatic rings. The maximum absolute atomic E-state index is 13.7. The number of halogens is 1. The highest BCUT2D eigenvalue weighted by Gasteiger charge is 2.39. The molecule has 0 aromatic heterocycles. The molecule has 0 saturated heterocycles. The fraction of sp³-hybridized carbons (Fsp3) is 0.333. The Balaban J connectivity index is 2.07. The molecule has 1 atom stereocenters. The number of rotatable bonds is 5. The molecule has 0 radical (unpaired) electrons. The van der Waals surface area contributed by atoms with Crippen molar-refractivity contribution in [2.45, 2.75) is 24.5 Å². The Morgan fingerprint density at radius 2 is 1.96 bits per heavy atom. The monoisotopic (exact) mass is 348 g/mol. The average Bonchev–Trinajstić information content (AvgIpc) is 2.56. The highest BCUT2D eigenvalue weighted by atomic mass is 32.2. The van der Waals surface area contributed by atoms with Gasteiger partial charge in [0.1, 0.15) is 5.82 Å². The Morgan fingerprint density at radius 3 is 2.67 bits per heavy atom. The van der Waals surface area contributed by atoms with Crippen molar-refractivity contribution in [1.82, 2.24) is 5.32 Å². The minimum Gasteiger partial charge on any atom is -0.320 e. The zero-order chi connectivity index (χ0) is 17.2. The van der Waals surface area contributed by atoms with Crippen LogP contribution in [0.4, 0.5) is 15.8 Å². The van der Waals surface area contributed by atoms with Crippen LogP contribution in [0.1, 0.15) is 18.4 Å². The van der Waals surface area contributed by atoms with Gasteiger partial charge in [-0.1, -0.05) is 18.2 Å². The minimum absolute atomic E-state index is 0.338. The van der Waals surface area contributed by atoms with Crippen molar-refractivity contribution in [3.05, 3.63) is 59.9 Å². The van der Waals surface area contributed by atoms with Gasteiger partial charge in [-0.05, 0) is 68.8 Å². The number of hydrogen-bond acceptors (Lipinski definition) is 3. The number of nitrogens with one attached hydrogen (secondary N) is 1. The van der Waals surface area contributed by atoms with Gasteiger partial charge in [-0.2, -0.15) is 0 Å². The van der Waals surface area contributed by atoms with E-state index in [-0.39, 0.29) is 5.82 Å². The molecule has 0 bridgehead atoms. The number of hydrogen-bond donors (Lipinski definition) is 1. The van der Waals surface area contributed by atoms with Crippen LogP contribution < -0.4 is 9.62 Å². The summed E-state index contributed by atoms with van der Waals surface area (Å²) < 4.78 is 41.4. The fourth-order valence-corrected chi connectivity index (χ4v) is 5.18. The molecule has 0 amide bonds. The molecule has 3 rings (SSSR count). The smallest absolute Gasteiger partial charge is 0.242 e. The maximum Gasteiger partial charge on any atom is 0.242 e. The molecule has 0 spiro atoms. The Hall–Kier alpha value is -1.92. The van der Waals surface area contributed by atoms with E-state index in [1.54, 1.807) is 30.3 Å². The molecule has 2 aromatic carbocycles. The van der Waals surface area contributed by atoms with E-state index in [2.05, 4.69) is 5.32 Å². The van der Waals surface area contributed by atoms with E-state index in [1.807, 2.05) is 13.1 Å². The van der Waals surface area contributed by atoms with Crippen LogP contribution in [0.15, 0.2) is 48.5 Å². The summed E-state index contributed by atoms with van der Waals surface area (Å²) in [6.07, 6.45) is 1.65. The van der Waals surface area contributed by atoms with Crippen LogP contribution in [-0.2, 0) is 16.4 Å². The van der Waals surface area contributed by atoms with E-state index in [0.29, 0.717) is 24.2 Å². The van der Waals surface area contributed by atoms with Gasteiger partial charge in [0, 0.05) is 0 Å². The molecule has 2 aromatic rings. The van der Waals surface area contributed by atoms with Gasteiger partial charge in [0.2, 0.25) is 10.0 Å². The van der Waals surface area contributed by atoms with Crippen molar-refractivity contribution in [1.29, 1.82) is 0 Å². The molecular weight excluding hydrogens is 327 g/mol. The van der Waals surface area contributed by atoms with Crippen molar-refractivity contribution in [3.63, 3.8) is 0 Å². The topological polar surface area (TPSA) is 49.4 Å². The summed E-state index contributed by atoms with van der Waals surface area (Å²) in [6, 6.07) is 13.3. The molecule has 0 saturated carbocycles. The van der Waals surface area contributed by atoms with E-state index in [1.165, 1.54) is 16.4 Å². The van der Waals surface area contributed by atoms with Crippen LogP contribution in [-0.4, -0.2) is 27.3 Å². The zero-order valence-electron chi connectivity index (χ0n) is 13.6. The lowest BCUT2D eigenvalue weighted by Gasteiger charge is -2.35. The molecule has 0 aliphatic carbocycles. The molecule has 128 valence electrons. The SMILES string of the molecule is CNCCC[C@H]1Cc2cc(F)ccc2N(c2ccccc2)S1(=O)=O. The summed E-state index contributed by atoms with van der Waals surface area (Å²) in [7, 11) is -1.70. The molecular formula is C18H21FN2O2S. The summed E-state index contributed by atoms with van der Waals surface area (Å²) in [5.74, 6) is -0.338. The number of fused-ring (bicyclic) bond motifs is 1. The molecule has 1 heterocycles. The third kappa shape index (κ3) is 3.16. The van der Waals surface area contributed by atoms with Gasteiger partial charge in [0.05, 0.1) is 16.6 Å².